The third kappa shape index (κ3) is 6.55. The number of H-pyrrole nitrogens is 1. The molecular weight excluding hydrogens is 592 g/mol. The predicted octanol–water partition coefficient (Wildman–Crippen LogP) is 4.68. The molecule has 2 amide bonds. The van der Waals surface area contributed by atoms with E-state index in [9.17, 15) is 14.4 Å². The van der Waals surface area contributed by atoms with Crippen molar-refractivity contribution in [2.75, 3.05) is 32.8 Å². The summed E-state index contributed by atoms with van der Waals surface area (Å²) in [6, 6.07) is 26.9. The summed E-state index contributed by atoms with van der Waals surface area (Å²) in [7, 11) is 0. The highest BCUT2D eigenvalue weighted by Crippen LogP contribution is 2.44. The molecule has 3 aliphatic rings. The number of benzene rings is 3. The van der Waals surface area contributed by atoms with E-state index in [1.807, 2.05) is 42.5 Å². The maximum absolute atomic E-state index is 13.0. The summed E-state index contributed by atoms with van der Waals surface area (Å²) >= 11 is 0. The van der Waals surface area contributed by atoms with E-state index in [1.165, 1.54) is 27.8 Å². The van der Waals surface area contributed by atoms with Crippen molar-refractivity contribution in [1.29, 1.82) is 0 Å². The first-order valence-electron chi connectivity index (χ1n) is 16.5. The lowest BCUT2D eigenvalue weighted by Crippen LogP contribution is -2.43. The van der Waals surface area contributed by atoms with Gasteiger partial charge in [0.15, 0.2) is 0 Å². The second-order valence-corrected chi connectivity index (χ2v) is 13.0. The quantitative estimate of drug-likeness (QED) is 0.290. The fourth-order valence-electron chi connectivity index (χ4n) is 7.37. The Morgan fingerprint density at radius 1 is 0.894 bits per heavy atom. The van der Waals surface area contributed by atoms with Crippen LogP contribution in [0.3, 0.4) is 0 Å². The number of amides is 2. The Kier molecular flexibility index (Phi) is 8.84. The Morgan fingerprint density at radius 2 is 1.55 bits per heavy atom. The Labute approximate surface area is 274 Å². The zero-order chi connectivity index (χ0) is 32.3. The number of carbonyl (C=O) groups excluding carboxylic acids is 2. The summed E-state index contributed by atoms with van der Waals surface area (Å²) in [5.41, 5.74) is 5.85. The van der Waals surface area contributed by atoms with E-state index in [4.69, 9.17) is 4.74 Å². The van der Waals surface area contributed by atoms with Crippen molar-refractivity contribution in [2.45, 2.75) is 44.7 Å². The molecule has 7 rings (SSSR count). The molecule has 2 unspecified atom stereocenters. The van der Waals surface area contributed by atoms with Crippen LogP contribution in [0.1, 0.15) is 59.8 Å². The number of aromatic nitrogens is 3. The summed E-state index contributed by atoms with van der Waals surface area (Å²) in [5.74, 6) is 0.606. The molecule has 2 atom stereocenters. The van der Waals surface area contributed by atoms with Crippen molar-refractivity contribution in [3.63, 3.8) is 0 Å². The summed E-state index contributed by atoms with van der Waals surface area (Å²) < 4.78 is 5.81. The minimum Gasteiger partial charge on any atom is -0.448 e. The molecule has 2 aliphatic heterocycles. The van der Waals surface area contributed by atoms with Gasteiger partial charge in [-0.15, -0.1) is 10.2 Å². The predicted molar refractivity (Wildman–Crippen MR) is 177 cm³/mol. The highest BCUT2D eigenvalue weighted by Gasteiger charge is 2.34. The SMILES string of the molecule is CC1CN(Cc2ccccc2)CC1c1nnc(CNC(=O)C2CCN(C(=O)OCC3c4ccccc4-c4ccccc43)CC2)c(=O)[nH]1. The number of fused-ring (bicyclic) bond motifs is 3. The number of aromatic amines is 1. The van der Waals surface area contributed by atoms with E-state index in [1.54, 1.807) is 4.90 Å². The minimum absolute atomic E-state index is 0.00544. The first-order valence-corrected chi connectivity index (χ1v) is 16.5. The molecule has 0 radical (unpaired) electrons. The molecule has 0 spiro atoms. The number of carbonyl (C=O) groups is 2. The number of likely N-dealkylation sites (tertiary alicyclic amines) is 2. The molecule has 3 heterocycles. The van der Waals surface area contributed by atoms with Gasteiger partial charge >= 0.3 is 6.09 Å². The smallest absolute Gasteiger partial charge is 0.409 e. The van der Waals surface area contributed by atoms with Crippen LogP contribution in [0.2, 0.25) is 0 Å². The lowest BCUT2D eigenvalue weighted by Gasteiger charge is -2.31. The van der Waals surface area contributed by atoms with Gasteiger partial charge < -0.3 is 19.9 Å². The molecule has 10 heteroatoms. The normalized spacial score (nSPS) is 19.7. The van der Waals surface area contributed by atoms with E-state index in [-0.39, 0.29) is 54.2 Å². The number of nitrogens with one attached hydrogen (secondary N) is 2. The van der Waals surface area contributed by atoms with Crippen LogP contribution in [-0.4, -0.2) is 69.8 Å². The molecule has 242 valence electrons. The van der Waals surface area contributed by atoms with Crippen LogP contribution < -0.4 is 10.9 Å². The van der Waals surface area contributed by atoms with Crippen molar-refractivity contribution >= 4 is 12.0 Å². The Morgan fingerprint density at radius 3 is 2.23 bits per heavy atom. The molecule has 2 fully saturated rings. The molecule has 2 saturated heterocycles. The number of ether oxygens (including phenoxy) is 1. The van der Waals surface area contributed by atoms with Gasteiger partial charge in [-0.2, -0.15) is 0 Å². The summed E-state index contributed by atoms with van der Waals surface area (Å²) in [5, 5.41) is 11.4. The van der Waals surface area contributed by atoms with E-state index >= 15 is 0 Å². The van der Waals surface area contributed by atoms with Crippen molar-refractivity contribution in [1.82, 2.24) is 30.3 Å². The Balaban J connectivity index is 0.873. The zero-order valence-corrected chi connectivity index (χ0v) is 26.6. The molecule has 47 heavy (non-hydrogen) atoms. The van der Waals surface area contributed by atoms with Gasteiger partial charge in [0.1, 0.15) is 18.1 Å². The molecule has 1 aliphatic carbocycles. The molecule has 2 N–H and O–H groups in total. The van der Waals surface area contributed by atoms with Crippen LogP contribution >= 0.6 is 0 Å². The summed E-state index contributed by atoms with van der Waals surface area (Å²) in [6.07, 6.45) is 0.693. The maximum Gasteiger partial charge on any atom is 0.409 e. The van der Waals surface area contributed by atoms with Gasteiger partial charge in [0, 0.05) is 50.5 Å². The number of rotatable bonds is 8. The second-order valence-electron chi connectivity index (χ2n) is 13.0. The van der Waals surface area contributed by atoms with Crippen LogP contribution in [0.25, 0.3) is 11.1 Å². The van der Waals surface area contributed by atoms with Gasteiger partial charge in [0.25, 0.3) is 5.56 Å². The van der Waals surface area contributed by atoms with Crippen molar-refractivity contribution < 1.29 is 14.3 Å². The van der Waals surface area contributed by atoms with Crippen LogP contribution in [0.5, 0.6) is 0 Å². The van der Waals surface area contributed by atoms with E-state index in [0.717, 1.165) is 19.6 Å². The van der Waals surface area contributed by atoms with Crippen molar-refractivity contribution in [3.05, 3.63) is 117 Å². The summed E-state index contributed by atoms with van der Waals surface area (Å²) in [6.45, 7) is 5.89. The van der Waals surface area contributed by atoms with E-state index in [0.29, 0.717) is 37.7 Å². The molecular formula is C37H40N6O4. The van der Waals surface area contributed by atoms with Gasteiger partial charge in [0.2, 0.25) is 5.91 Å². The molecule has 4 aromatic rings. The molecule has 0 bridgehead atoms. The number of nitrogens with zero attached hydrogens (tertiary/aromatic N) is 4. The highest BCUT2D eigenvalue weighted by atomic mass is 16.6. The lowest BCUT2D eigenvalue weighted by atomic mass is 9.96. The fourth-order valence-corrected chi connectivity index (χ4v) is 7.37. The summed E-state index contributed by atoms with van der Waals surface area (Å²) in [4.78, 5) is 45.9. The van der Waals surface area contributed by atoms with Crippen molar-refractivity contribution in [2.24, 2.45) is 11.8 Å². The van der Waals surface area contributed by atoms with Crippen LogP contribution in [0, 0.1) is 11.8 Å². The van der Waals surface area contributed by atoms with Gasteiger partial charge in [-0.3, -0.25) is 14.5 Å². The van der Waals surface area contributed by atoms with Gasteiger partial charge in [-0.05, 0) is 46.6 Å². The lowest BCUT2D eigenvalue weighted by molar-refractivity contribution is -0.126. The zero-order valence-electron chi connectivity index (χ0n) is 26.6. The first-order chi connectivity index (χ1) is 22.9. The largest absolute Gasteiger partial charge is 0.448 e. The van der Waals surface area contributed by atoms with E-state index in [2.05, 4.69) is 68.7 Å². The maximum atomic E-state index is 13.0. The Hall–Kier alpha value is -4.83. The van der Waals surface area contributed by atoms with Gasteiger partial charge in [-0.1, -0.05) is 85.8 Å². The van der Waals surface area contributed by atoms with Crippen molar-refractivity contribution in [3.8, 4) is 11.1 Å². The van der Waals surface area contributed by atoms with Crippen LogP contribution in [0.15, 0.2) is 83.7 Å². The average Bonchev–Trinajstić information content (AvgIpc) is 3.63. The standard InChI is InChI=1S/C37H40N6O4/c1-24-20-42(21-25-9-3-2-4-10-25)22-31(24)34-39-36(45)33(40-41-34)19-38-35(44)26-15-17-43(18-16-26)37(46)47-23-32-29-13-7-5-11-27(29)28-12-6-8-14-30(28)32/h2-14,24,26,31-32H,15-23H2,1H3,(H,38,44)(H,39,41,45). The number of piperidine rings is 1. The van der Waals surface area contributed by atoms with Gasteiger partial charge in [-0.25, -0.2) is 4.79 Å². The second kappa shape index (κ2) is 13.5. The molecule has 1 aromatic heterocycles. The Bertz CT molecular complexity index is 1760. The van der Waals surface area contributed by atoms with Crippen LogP contribution in [0.4, 0.5) is 4.79 Å². The fraction of sp³-hybridized carbons (Fsp3) is 0.378. The number of hydrogen-bond donors (Lipinski definition) is 2. The number of hydrogen-bond acceptors (Lipinski definition) is 7. The average molecular weight is 633 g/mol. The van der Waals surface area contributed by atoms with Gasteiger partial charge in [0.05, 0.1) is 6.54 Å². The highest BCUT2D eigenvalue weighted by molar-refractivity contribution is 5.80. The third-order valence-electron chi connectivity index (χ3n) is 9.96. The first kappa shape index (κ1) is 30.8. The van der Waals surface area contributed by atoms with E-state index < -0.39 is 0 Å². The molecule has 10 nitrogen and oxygen atoms in total. The van der Waals surface area contributed by atoms with Crippen LogP contribution in [-0.2, 0) is 22.6 Å². The minimum atomic E-state index is -0.354. The molecule has 3 aromatic carbocycles. The topological polar surface area (TPSA) is 121 Å². The molecule has 0 saturated carbocycles. The monoisotopic (exact) mass is 632 g/mol. The third-order valence-corrected chi connectivity index (χ3v) is 9.96.